The van der Waals surface area contributed by atoms with Gasteiger partial charge in [-0.3, -0.25) is 4.79 Å². The lowest BCUT2D eigenvalue weighted by atomic mass is 10.1. The molecule has 0 saturated heterocycles. The van der Waals surface area contributed by atoms with Crippen molar-refractivity contribution in [2.75, 3.05) is 6.54 Å². The Morgan fingerprint density at radius 2 is 2.00 bits per heavy atom. The maximum absolute atomic E-state index is 12.1. The molecule has 1 amide bonds. The van der Waals surface area contributed by atoms with E-state index in [2.05, 4.69) is 10.3 Å². The van der Waals surface area contributed by atoms with E-state index in [0.717, 1.165) is 16.6 Å². The predicted octanol–water partition coefficient (Wildman–Crippen LogP) is 2.97. The number of phenolic OH excluding ortho intramolecular Hbond substituents is 1. The number of amides is 1. The Bertz CT molecular complexity index is 768. The number of benzene rings is 2. The SMILES string of the molecule is O=C(NCCc1ccccc1)c1nc2ccc(O)cc2s1. The summed E-state index contributed by atoms with van der Waals surface area (Å²) < 4.78 is 0.809. The van der Waals surface area contributed by atoms with Crippen LogP contribution in [0.4, 0.5) is 0 Å². The van der Waals surface area contributed by atoms with Gasteiger partial charge in [0.2, 0.25) is 0 Å². The summed E-state index contributed by atoms with van der Waals surface area (Å²) in [5.41, 5.74) is 1.91. The molecule has 0 atom stereocenters. The molecule has 1 heterocycles. The van der Waals surface area contributed by atoms with Crippen LogP contribution in [0.2, 0.25) is 0 Å². The zero-order chi connectivity index (χ0) is 14.7. The highest BCUT2D eigenvalue weighted by Gasteiger charge is 2.12. The van der Waals surface area contributed by atoms with Crippen LogP contribution in [-0.4, -0.2) is 22.5 Å². The average Bonchev–Trinajstić information content (AvgIpc) is 2.91. The first-order chi connectivity index (χ1) is 10.2. The summed E-state index contributed by atoms with van der Waals surface area (Å²) in [5, 5.41) is 12.7. The number of aromatic nitrogens is 1. The number of nitrogens with one attached hydrogen (secondary N) is 1. The van der Waals surface area contributed by atoms with E-state index in [1.165, 1.54) is 16.9 Å². The van der Waals surface area contributed by atoms with E-state index in [1.54, 1.807) is 18.2 Å². The third-order valence-corrected chi connectivity index (χ3v) is 4.13. The summed E-state index contributed by atoms with van der Waals surface area (Å²) in [4.78, 5) is 16.3. The molecule has 0 radical (unpaired) electrons. The lowest BCUT2D eigenvalue weighted by Gasteiger charge is -2.02. The minimum Gasteiger partial charge on any atom is -0.508 e. The second-order valence-electron chi connectivity index (χ2n) is 4.66. The summed E-state index contributed by atoms with van der Waals surface area (Å²) in [6.45, 7) is 0.573. The van der Waals surface area contributed by atoms with Gasteiger partial charge in [0, 0.05) is 6.54 Å². The normalized spacial score (nSPS) is 10.7. The zero-order valence-electron chi connectivity index (χ0n) is 11.2. The molecule has 21 heavy (non-hydrogen) atoms. The fourth-order valence-corrected chi connectivity index (χ4v) is 2.97. The van der Waals surface area contributed by atoms with Gasteiger partial charge in [0.15, 0.2) is 5.01 Å². The average molecular weight is 298 g/mol. The van der Waals surface area contributed by atoms with Gasteiger partial charge in [0.25, 0.3) is 5.91 Å². The molecule has 0 aliphatic heterocycles. The Balaban J connectivity index is 1.64. The van der Waals surface area contributed by atoms with Gasteiger partial charge in [-0.15, -0.1) is 11.3 Å². The van der Waals surface area contributed by atoms with Crippen molar-refractivity contribution in [3.05, 3.63) is 59.1 Å². The molecule has 3 rings (SSSR count). The molecular weight excluding hydrogens is 284 g/mol. The predicted molar refractivity (Wildman–Crippen MR) is 83.8 cm³/mol. The first-order valence-corrected chi connectivity index (χ1v) is 7.46. The molecule has 4 nitrogen and oxygen atoms in total. The molecule has 0 aliphatic carbocycles. The van der Waals surface area contributed by atoms with Crippen LogP contribution in [0.15, 0.2) is 48.5 Å². The molecular formula is C16H14N2O2S. The molecule has 0 aliphatic rings. The Kier molecular flexibility index (Phi) is 3.83. The second kappa shape index (κ2) is 5.93. The van der Waals surface area contributed by atoms with Gasteiger partial charge in [-0.25, -0.2) is 4.98 Å². The van der Waals surface area contributed by atoms with Crippen LogP contribution in [0.25, 0.3) is 10.2 Å². The molecule has 0 unspecified atom stereocenters. The maximum Gasteiger partial charge on any atom is 0.280 e. The van der Waals surface area contributed by atoms with Crippen molar-refractivity contribution in [1.82, 2.24) is 10.3 Å². The van der Waals surface area contributed by atoms with Gasteiger partial charge in [-0.2, -0.15) is 0 Å². The van der Waals surface area contributed by atoms with Crippen molar-refractivity contribution < 1.29 is 9.90 Å². The van der Waals surface area contributed by atoms with Crippen LogP contribution in [-0.2, 0) is 6.42 Å². The van der Waals surface area contributed by atoms with Crippen molar-refractivity contribution in [1.29, 1.82) is 0 Å². The van der Waals surface area contributed by atoms with Gasteiger partial charge in [0.1, 0.15) is 5.75 Å². The Hall–Kier alpha value is -2.40. The monoisotopic (exact) mass is 298 g/mol. The van der Waals surface area contributed by atoms with Crippen LogP contribution in [0, 0.1) is 0 Å². The molecule has 2 aromatic carbocycles. The van der Waals surface area contributed by atoms with Gasteiger partial charge in [0.05, 0.1) is 10.2 Å². The summed E-state index contributed by atoms with van der Waals surface area (Å²) in [5.74, 6) is 0.00815. The Morgan fingerprint density at radius 1 is 1.19 bits per heavy atom. The highest BCUT2D eigenvalue weighted by atomic mass is 32.1. The minimum atomic E-state index is -0.174. The first kappa shape index (κ1) is 13.6. The van der Waals surface area contributed by atoms with Crippen LogP contribution in [0.1, 0.15) is 15.4 Å². The van der Waals surface area contributed by atoms with Crippen molar-refractivity contribution in [3.63, 3.8) is 0 Å². The fraction of sp³-hybridized carbons (Fsp3) is 0.125. The zero-order valence-corrected chi connectivity index (χ0v) is 12.1. The lowest BCUT2D eigenvalue weighted by Crippen LogP contribution is -2.25. The number of hydrogen-bond acceptors (Lipinski definition) is 4. The number of phenols is 1. The number of carbonyl (C=O) groups is 1. The van der Waals surface area contributed by atoms with E-state index in [0.29, 0.717) is 11.6 Å². The highest BCUT2D eigenvalue weighted by molar-refractivity contribution is 7.20. The van der Waals surface area contributed by atoms with E-state index in [-0.39, 0.29) is 11.7 Å². The molecule has 106 valence electrons. The van der Waals surface area contributed by atoms with Crippen molar-refractivity contribution in [2.24, 2.45) is 0 Å². The topological polar surface area (TPSA) is 62.2 Å². The number of hydrogen-bond donors (Lipinski definition) is 2. The highest BCUT2D eigenvalue weighted by Crippen LogP contribution is 2.25. The number of nitrogens with zero attached hydrogens (tertiary/aromatic N) is 1. The molecule has 2 N–H and O–H groups in total. The number of rotatable bonds is 4. The first-order valence-electron chi connectivity index (χ1n) is 6.64. The third kappa shape index (κ3) is 3.20. The van der Waals surface area contributed by atoms with Gasteiger partial charge in [-0.05, 0) is 30.2 Å². The van der Waals surface area contributed by atoms with E-state index < -0.39 is 0 Å². The molecule has 0 saturated carbocycles. The van der Waals surface area contributed by atoms with E-state index in [4.69, 9.17) is 0 Å². The summed E-state index contributed by atoms with van der Waals surface area (Å²) in [6, 6.07) is 14.9. The Labute approximate surface area is 126 Å². The molecule has 5 heteroatoms. The van der Waals surface area contributed by atoms with E-state index in [9.17, 15) is 9.90 Å². The molecule has 0 fully saturated rings. The quantitative estimate of drug-likeness (QED) is 0.778. The number of thiazole rings is 1. The van der Waals surface area contributed by atoms with E-state index in [1.807, 2.05) is 30.3 Å². The van der Waals surface area contributed by atoms with Crippen LogP contribution in [0.3, 0.4) is 0 Å². The van der Waals surface area contributed by atoms with Gasteiger partial charge in [-0.1, -0.05) is 30.3 Å². The summed E-state index contributed by atoms with van der Waals surface area (Å²) >= 11 is 1.28. The van der Waals surface area contributed by atoms with E-state index >= 15 is 0 Å². The van der Waals surface area contributed by atoms with Crippen molar-refractivity contribution in [3.8, 4) is 5.75 Å². The van der Waals surface area contributed by atoms with Crippen LogP contribution in [0.5, 0.6) is 5.75 Å². The standard InChI is InChI=1S/C16H14N2O2S/c19-12-6-7-13-14(10-12)21-16(18-13)15(20)17-9-8-11-4-2-1-3-5-11/h1-7,10,19H,8-9H2,(H,17,20). The number of aromatic hydroxyl groups is 1. The summed E-state index contributed by atoms with van der Waals surface area (Å²) in [6.07, 6.45) is 0.790. The van der Waals surface area contributed by atoms with Crippen LogP contribution >= 0.6 is 11.3 Å². The summed E-state index contributed by atoms with van der Waals surface area (Å²) in [7, 11) is 0. The third-order valence-electron chi connectivity index (χ3n) is 3.11. The fourth-order valence-electron chi connectivity index (χ4n) is 2.05. The minimum absolute atomic E-state index is 0.174. The molecule has 0 spiro atoms. The Morgan fingerprint density at radius 3 is 2.81 bits per heavy atom. The number of fused-ring (bicyclic) bond motifs is 1. The second-order valence-corrected chi connectivity index (χ2v) is 5.69. The maximum atomic E-state index is 12.1. The molecule has 1 aromatic heterocycles. The largest absolute Gasteiger partial charge is 0.508 e. The molecule has 3 aromatic rings. The lowest BCUT2D eigenvalue weighted by molar-refractivity contribution is 0.0954. The van der Waals surface area contributed by atoms with Crippen LogP contribution < -0.4 is 5.32 Å². The molecule has 0 bridgehead atoms. The van der Waals surface area contributed by atoms with Crippen molar-refractivity contribution >= 4 is 27.5 Å². The van der Waals surface area contributed by atoms with Crippen molar-refractivity contribution in [2.45, 2.75) is 6.42 Å². The smallest absolute Gasteiger partial charge is 0.280 e. The van der Waals surface area contributed by atoms with Gasteiger partial charge >= 0.3 is 0 Å². The van der Waals surface area contributed by atoms with Gasteiger partial charge < -0.3 is 10.4 Å². The number of carbonyl (C=O) groups excluding carboxylic acids is 1.